The Morgan fingerprint density at radius 2 is 1.50 bits per heavy atom. The van der Waals surface area contributed by atoms with Crippen LogP contribution in [-0.4, -0.2) is 25.0 Å². The minimum absolute atomic E-state index is 0.193. The van der Waals surface area contributed by atoms with E-state index in [4.69, 9.17) is 4.74 Å². The van der Waals surface area contributed by atoms with Crippen LogP contribution >= 0.6 is 0 Å². The lowest BCUT2D eigenvalue weighted by Crippen LogP contribution is -2.44. The minimum Gasteiger partial charge on any atom is -0.467 e. The first-order valence-corrected chi connectivity index (χ1v) is 7.12. The van der Waals surface area contributed by atoms with Gasteiger partial charge in [-0.25, -0.2) is 4.79 Å². The minimum atomic E-state index is -0.736. The molecule has 2 aromatic carbocycles. The number of carbonyl (C=O) groups is 2. The van der Waals surface area contributed by atoms with Gasteiger partial charge in [0.15, 0.2) is 0 Å². The molecule has 2 atom stereocenters. The summed E-state index contributed by atoms with van der Waals surface area (Å²) in [6, 6.07) is 17.6. The smallest absolute Gasteiger partial charge is 0.328 e. The van der Waals surface area contributed by atoms with Crippen LogP contribution < -0.4 is 5.32 Å². The Morgan fingerprint density at radius 3 is 2.05 bits per heavy atom. The fourth-order valence-electron chi connectivity index (χ4n) is 2.28. The highest BCUT2D eigenvalue weighted by atomic mass is 16.5. The van der Waals surface area contributed by atoms with E-state index in [0.29, 0.717) is 5.56 Å². The molecule has 4 nitrogen and oxygen atoms in total. The first-order valence-electron chi connectivity index (χ1n) is 7.12. The molecule has 0 saturated carbocycles. The fraction of sp³-hybridized carbons (Fsp3) is 0.222. The van der Waals surface area contributed by atoms with Crippen LogP contribution in [0.4, 0.5) is 0 Å². The summed E-state index contributed by atoms with van der Waals surface area (Å²) in [5.41, 5.74) is 1.47. The second kappa shape index (κ2) is 7.41. The molecule has 1 amide bonds. The molecule has 1 N–H and O–H groups in total. The molecule has 0 spiro atoms. The fourth-order valence-corrected chi connectivity index (χ4v) is 2.28. The number of rotatable bonds is 5. The van der Waals surface area contributed by atoms with E-state index in [1.54, 1.807) is 24.3 Å². The normalized spacial score (nSPS) is 13.0. The van der Waals surface area contributed by atoms with E-state index < -0.39 is 12.0 Å². The zero-order chi connectivity index (χ0) is 15.9. The van der Waals surface area contributed by atoms with Gasteiger partial charge in [-0.15, -0.1) is 0 Å². The third-order valence-electron chi connectivity index (χ3n) is 3.60. The Hall–Kier alpha value is -2.62. The number of ether oxygens (including phenoxy) is 1. The highest BCUT2D eigenvalue weighted by Gasteiger charge is 2.29. The van der Waals surface area contributed by atoms with Gasteiger partial charge in [0.2, 0.25) is 0 Å². The lowest BCUT2D eigenvalue weighted by atomic mass is 9.93. The molecule has 0 saturated heterocycles. The number of methoxy groups -OCH3 is 1. The zero-order valence-corrected chi connectivity index (χ0v) is 12.7. The van der Waals surface area contributed by atoms with Crippen LogP contribution in [0.3, 0.4) is 0 Å². The molecule has 0 aromatic heterocycles. The predicted octanol–water partition coefficient (Wildman–Crippen LogP) is 2.76. The first-order chi connectivity index (χ1) is 10.6. The SMILES string of the molecule is COC(=O)C(NC(=O)c1ccccc1)[C@@H](C)c1ccccc1. The molecular formula is C18H19NO3. The summed E-state index contributed by atoms with van der Waals surface area (Å²) in [6.07, 6.45) is 0. The number of hydrogen-bond donors (Lipinski definition) is 1. The summed E-state index contributed by atoms with van der Waals surface area (Å²) in [5, 5.41) is 2.77. The van der Waals surface area contributed by atoms with Gasteiger partial charge in [0.1, 0.15) is 6.04 Å². The quantitative estimate of drug-likeness (QED) is 0.863. The van der Waals surface area contributed by atoms with E-state index >= 15 is 0 Å². The van der Waals surface area contributed by atoms with Gasteiger partial charge in [-0.3, -0.25) is 4.79 Å². The van der Waals surface area contributed by atoms with Gasteiger partial charge < -0.3 is 10.1 Å². The number of hydrogen-bond acceptors (Lipinski definition) is 3. The van der Waals surface area contributed by atoms with Gasteiger partial charge >= 0.3 is 5.97 Å². The van der Waals surface area contributed by atoms with Crippen LogP contribution in [0.5, 0.6) is 0 Å². The van der Waals surface area contributed by atoms with Crippen LogP contribution in [0.2, 0.25) is 0 Å². The molecule has 22 heavy (non-hydrogen) atoms. The van der Waals surface area contributed by atoms with Gasteiger partial charge in [0.05, 0.1) is 7.11 Å². The standard InChI is InChI=1S/C18H19NO3/c1-13(14-9-5-3-6-10-14)16(18(21)22-2)19-17(20)15-11-7-4-8-12-15/h3-13,16H,1-2H3,(H,19,20)/t13-,16?/m0/s1. The third kappa shape index (κ3) is 3.73. The average molecular weight is 297 g/mol. The number of nitrogens with one attached hydrogen (secondary N) is 1. The van der Waals surface area contributed by atoms with Crippen molar-refractivity contribution < 1.29 is 14.3 Å². The average Bonchev–Trinajstić information content (AvgIpc) is 2.59. The Morgan fingerprint density at radius 1 is 0.955 bits per heavy atom. The molecule has 2 aromatic rings. The number of carbonyl (C=O) groups excluding carboxylic acids is 2. The highest BCUT2D eigenvalue weighted by molar-refractivity contribution is 5.97. The number of esters is 1. The summed E-state index contributed by atoms with van der Waals surface area (Å²) < 4.78 is 4.84. The van der Waals surface area contributed by atoms with Gasteiger partial charge in [0, 0.05) is 11.5 Å². The Bertz CT molecular complexity index is 625. The molecule has 0 aliphatic rings. The molecular weight excluding hydrogens is 278 g/mol. The van der Waals surface area contributed by atoms with Crippen molar-refractivity contribution in [2.75, 3.05) is 7.11 Å². The summed E-state index contributed by atoms with van der Waals surface area (Å²) >= 11 is 0. The summed E-state index contributed by atoms with van der Waals surface area (Å²) in [4.78, 5) is 24.3. The van der Waals surface area contributed by atoms with Crippen molar-refractivity contribution in [3.8, 4) is 0 Å². The van der Waals surface area contributed by atoms with Crippen molar-refractivity contribution >= 4 is 11.9 Å². The van der Waals surface area contributed by atoms with E-state index in [0.717, 1.165) is 5.56 Å². The van der Waals surface area contributed by atoms with Crippen molar-refractivity contribution in [3.63, 3.8) is 0 Å². The third-order valence-corrected chi connectivity index (χ3v) is 3.60. The van der Waals surface area contributed by atoms with E-state index in [2.05, 4.69) is 5.32 Å². The molecule has 114 valence electrons. The molecule has 0 aliphatic heterocycles. The summed E-state index contributed by atoms with van der Waals surface area (Å²) in [7, 11) is 1.32. The van der Waals surface area contributed by atoms with Gasteiger partial charge in [-0.1, -0.05) is 55.5 Å². The van der Waals surface area contributed by atoms with Crippen molar-refractivity contribution in [2.24, 2.45) is 0 Å². The summed E-state index contributed by atoms with van der Waals surface area (Å²) in [5.74, 6) is -0.944. The molecule has 0 fully saturated rings. The van der Waals surface area contributed by atoms with Gasteiger partial charge in [-0.05, 0) is 17.7 Å². The van der Waals surface area contributed by atoms with Crippen molar-refractivity contribution in [2.45, 2.75) is 18.9 Å². The lowest BCUT2D eigenvalue weighted by Gasteiger charge is -2.23. The topological polar surface area (TPSA) is 55.4 Å². The van der Waals surface area contributed by atoms with Crippen molar-refractivity contribution in [1.29, 1.82) is 0 Å². The van der Waals surface area contributed by atoms with Gasteiger partial charge in [0.25, 0.3) is 5.91 Å². The van der Waals surface area contributed by atoms with Crippen molar-refractivity contribution in [3.05, 3.63) is 71.8 Å². The van der Waals surface area contributed by atoms with Gasteiger partial charge in [-0.2, -0.15) is 0 Å². The Balaban J connectivity index is 2.20. The molecule has 2 rings (SSSR count). The molecule has 0 radical (unpaired) electrons. The highest BCUT2D eigenvalue weighted by Crippen LogP contribution is 2.20. The second-order valence-electron chi connectivity index (χ2n) is 5.04. The lowest BCUT2D eigenvalue weighted by molar-refractivity contribution is -0.143. The molecule has 0 bridgehead atoms. The molecule has 0 aliphatic carbocycles. The summed E-state index contributed by atoms with van der Waals surface area (Å²) in [6.45, 7) is 1.89. The van der Waals surface area contributed by atoms with Crippen LogP contribution in [0, 0.1) is 0 Å². The second-order valence-corrected chi connectivity index (χ2v) is 5.04. The number of benzene rings is 2. The maximum Gasteiger partial charge on any atom is 0.328 e. The Kier molecular flexibility index (Phi) is 5.31. The van der Waals surface area contributed by atoms with Crippen LogP contribution in [0.25, 0.3) is 0 Å². The Labute approximate surface area is 130 Å². The molecule has 1 unspecified atom stereocenters. The zero-order valence-electron chi connectivity index (χ0n) is 12.7. The monoisotopic (exact) mass is 297 g/mol. The van der Waals surface area contributed by atoms with E-state index in [9.17, 15) is 9.59 Å². The van der Waals surface area contributed by atoms with Crippen LogP contribution in [-0.2, 0) is 9.53 Å². The maximum atomic E-state index is 12.3. The predicted molar refractivity (Wildman–Crippen MR) is 84.6 cm³/mol. The van der Waals surface area contributed by atoms with Crippen LogP contribution in [0.15, 0.2) is 60.7 Å². The van der Waals surface area contributed by atoms with E-state index in [-0.39, 0.29) is 11.8 Å². The molecule has 4 heteroatoms. The van der Waals surface area contributed by atoms with Crippen molar-refractivity contribution in [1.82, 2.24) is 5.32 Å². The number of amides is 1. The first kappa shape index (κ1) is 15.8. The maximum absolute atomic E-state index is 12.3. The largest absolute Gasteiger partial charge is 0.467 e. The van der Waals surface area contributed by atoms with Crippen LogP contribution in [0.1, 0.15) is 28.8 Å². The molecule has 0 heterocycles. The van der Waals surface area contributed by atoms with E-state index in [1.165, 1.54) is 7.11 Å². The van der Waals surface area contributed by atoms with E-state index in [1.807, 2.05) is 43.3 Å².